The fourth-order valence-electron chi connectivity index (χ4n) is 0.827. The molecule has 2 heteroatoms. The van der Waals surface area contributed by atoms with Crippen molar-refractivity contribution in [1.29, 1.82) is 0 Å². The molecule has 10 heavy (non-hydrogen) atoms. The van der Waals surface area contributed by atoms with Crippen LogP contribution in [0.25, 0.3) is 0 Å². The highest BCUT2D eigenvalue weighted by atomic mass is 32.2. The van der Waals surface area contributed by atoms with E-state index in [0.717, 1.165) is 0 Å². The number of rotatable bonds is 2. The molecule has 0 saturated carbocycles. The molecule has 1 saturated heterocycles. The summed E-state index contributed by atoms with van der Waals surface area (Å²) in [6.45, 7) is 3.90. The number of hydrogen-bond acceptors (Lipinski definition) is 2. The molecule has 0 aliphatic carbocycles. The van der Waals surface area contributed by atoms with E-state index in [1.165, 1.54) is 17.1 Å². The minimum atomic E-state index is -0.196. The van der Waals surface area contributed by atoms with E-state index < -0.39 is 0 Å². The number of thioether (sulfide) groups is 1. The largest absolute Gasteiger partial charge is 0.393 e. The molecule has 1 fully saturated rings. The van der Waals surface area contributed by atoms with Gasteiger partial charge >= 0.3 is 0 Å². The fourth-order valence-corrected chi connectivity index (χ4v) is 1.46. The van der Waals surface area contributed by atoms with E-state index in [0.29, 0.717) is 5.92 Å². The Morgan fingerprint density at radius 1 is 1.50 bits per heavy atom. The van der Waals surface area contributed by atoms with Crippen molar-refractivity contribution < 1.29 is 5.11 Å². The summed E-state index contributed by atoms with van der Waals surface area (Å²) in [7, 11) is 0. The summed E-state index contributed by atoms with van der Waals surface area (Å²) >= 11 is 1.95. The van der Waals surface area contributed by atoms with Gasteiger partial charge in [0.15, 0.2) is 0 Å². The molecule has 1 aliphatic heterocycles. The summed E-state index contributed by atoms with van der Waals surface area (Å²) in [5, 5.41) is 9.14. The first kappa shape index (κ1) is 8.15. The molecule has 0 spiro atoms. The predicted molar refractivity (Wildman–Crippen MR) is 46.3 cm³/mol. The van der Waals surface area contributed by atoms with Gasteiger partial charge in [-0.25, -0.2) is 0 Å². The summed E-state index contributed by atoms with van der Waals surface area (Å²) in [4.78, 5) is 0. The molecule has 1 N–H and O–H groups in total. The summed E-state index contributed by atoms with van der Waals surface area (Å²) < 4.78 is 0. The molecule has 2 unspecified atom stereocenters. The van der Waals surface area contributed by atoms with Gasteiger partial charge in [-0.3, -0.25) is 0 Å². The lowest BCUT2D eigenvalue weighted by atomic mass is 10.0. The van der Waals surface area contributed by atoms with Crippen LogP contribution in [0.15, 0.2) is 11.6 Å². The van der Waals surface area contributed by atoms with Crippen molar-refractivity contribution in [2.24, 2.45) is 5.92 Å². The van der Waals surface area contributed by atoms with Gasteiger partial charge in [-0.2, -0.15) is 11.8 Å². The third kappa shape index (κ3) is 2.03. The van der Waals surface area contributed by atoms with Gasteiger partial charge in [0.05, 0.1) is 6.10 Å². The van der Waals surface area contributed by atoms with Gasteiger partial charge in [-0.15, -0.1) is 0 Å². The average Bonchev–Trinajstić information content (AvgIpc) is 1.77. The van der Waals surface area contributed by atoms with Gasteiger partial charge in [-0.1, -0.05) is 18.6 Å². The maximum atomic E-state index is 9.14. The standard InChI is InChI=1S/C8H14OS/c1-6(7(2)9)3-8-4-10-5-8/h3,6-7,9H,4-5H2,1-2H3. The highest BCUT2D eigenvalue weighted by Crippen LogP contribution is 2.25. The lowest BCUT2D eigenvalue weighted by molar-refractivity contribution is 0.157. The SMILES string of the molecule is CC(O)C(C)C=C1CSC1. The van der Waals surface area contributed by atoms with Gasteiger partial charge in [0, 0.05) is 11.5 Å². The second-order valence-electron chi connectivity index (χ2n) is 2.92. The van der Waals surface area contributed by atoms with Crippen LogP contribution in [0.3, 0.4) is 0 Å². The molecular formula is C8H14OS. The zero-order chi connectivity index (χ0) is 7.56. The zero-order valence-corrected chi connectivity index (χ0v) is 7.32. The van der Waals surface area contributed by atoms with Crippen molar-refractivity contribution in [3.63, 3.8) is 0 Å². The zero-order valence-electron chi connectivity index (χ0n) is 6.50. The molecule has 1 rings (SSSR count). The Hall–Kier alpha value is 0.0500. The van der Waals surface area contributed by atoms with Crippen LogP contribution in [-0.4, -0.2) is 22.7 Å². The van der Waals surface area contributed by atoms with Gasteiger partial charge < -0.3 is 5.11 Å². The van der Waals surface area contributed by atoms with Crippen LogP contribution in [0.4, 0.5) is 0 Å². The second-order valence-corrected chi connectivity index (χ2v) is 3.90. The molecule has 0 aromatic heterocycles. The van der Waals surface area contributed by atoms with Gasteiger partial charge in [-0.05, 0) is 12.8 Å². The Morgan fingerprint density at radius 2 is 2.10 bits per heavy atom. The Kier molecular flexibility index (Phi) is 2.81. The summed E-state index contributed by atoms with van der Waals surface area (Å²) in [5.41, 5.74) is 1.50. The number of aliphatic hydroxyl groups is 1. The molecule has 0 radical (unpaired) electrons. The summed E-state index contributed by atoms with van der Waals surface area (Å²) in [6, 6.07) is 0. The Bertz CT molecular complexity index is 134. The maximum absolute atomic E-state index is 9.14. The molecule has 0 amide bonds. The third-order valence-corrected chi connectivity index (χ3v) is 2.98. The number of aliphatic hydroxyl groups excluding tert-OH is 1. The monoisotopic (exact) mass is 158 g/mol. The second kappa shape index (κ2) is 3.44. The van der Waals surface area contributed by atoms with Crippen molar-refractivity contribution in [1.82, 2.24) is 0 Å². The Labute approximate surface area is 66.5 Å². The van der Waals surface area contributed by atoms with E-state index in [1.54, 1.807) is 0 Å². The topological polar surface area (TPSA) is 20.2 Å². The van der Waals surface area contributed by atoms with Crippen molar-refractivity contribution in [2.45, 2.75) is 20.0 Å². The van der Waals surface area contributed by atoms with E-state index in [4.69, 9.17) is 5.11 Å². The molecule has 1 aliphatic rings. The average molecular weight is 158 g/mol. The quantitative estimate of drug-likeness (QED) is 0.617. The normalized spacial score (nSPS) is 23.3. The Morgan fingerprint density at radius 3 is 2.40 bits per heavy atom. The van der Waals surface area contributed by atoms with Crippen molar-refractivity contribution in [3.05, 3.63) is 11.6 Å². The predicted octanol–water partition coefficient (Wildman–Crippen LogP) is 1.68. The Balaban J connectivity index is 2.35. The van der Waals surface area contributed by atoms with Crippen LogP contribution < -0.4 is 0 Å². The first-order valence-electron chi connectivity index (χ1n) is 3.65. The van der Waals surface area contributed by atoms with Crippen LogP contribution in [0.2, 0.25) is 0 Å². The van der Waals surface area contributed by atoms with Crippen LogP contribution in [-0.2, 0) is 0 Å². The molecule has 0 bridgehead atoms. The van der Waals surface area contributed by atoms with Gasteiger partial charge in [0.25, 0.3) is 0 Å². The van der Waals surface area contributed by atoms with Crippen LogP contribution in [0.5, 0.6) is 0 Å². The van der Waals surface area contributed by atoms with E-state index in [9.17, 15) is 0 Å². The van der Waals surface area contributed by atoms with E-state index >= 15 is 0 Å². The van der Waals surface area contributed by atoms with Crippen molar-refractivity contribution in [2.75, 3.05) is 11.5 Å². The number of hydrogen-bond donors (Lipinski definition) is 1. The first-order chi connectivity index (χ1) is 4.70. The van der Waals surface area contributed by atoms with Crippen molar-refractivity contribution in [3.8, 4) is 0 Å². The molecule has 2 atom stereocenters. The lowest BCUT2D eigenvalue weighted by Gasteiger charge is -2.19. The van der Waals surface area contributed by atoms with E-state index in [1.807, 2.05) is 18.7 Å². The molecule has 0 aromatic rings. The highest BCUT2D eigenvalue weighted by Gasteiger charge is 2.12. The molecule has 58 valence electrons. The van der Waals surface area contributed by atoms with Crippen LogP contribution in [0, 0.1) is 5.92 Å². The molecule has 1 heterocycles. The first-order valence-corrected chi connectivity index (χ1v) is 4.81. The summed E-state index contributed by atoms with van der Waals surface area (Å²) in [6.07, 6.45) is 2.00. The minimum Gasteiger partial charge on any atom is -0.393 e. The summed E-state index contributed by atoms with van der Waals surface area (Å²) in [5.74, 6) is 2.68. The van der Waals surface area contributed by atoms with Crippen LogP contribution >= 0.6 is 11.8 Å². The van der Waals surface area contributed by atoms with Crippen molar-refractivity contribution >= 4 is 11.8 Å². The van der Waals surface area contributed by atoms with Crippen LogP contribution in [0.1, 0.15) is 13.8 Å². The lowest BCUT2D eigenvalue weighted by Crippen LogP contribution is -2.14. The molecule has 0 aromatic carbocycles. The van der Waals surface area contributed by atoms with E-state index in [-0.39, 0.29) is 6.10 Å². The minimum absolute atomic E-state index is 0.196. The molecule has 1 nitrogen and oxygen atoms in total. The maximum Gasteiger partial charge on any atom is 0.0572 e. The van der Waals surface area contributed by atoms with Gasteiger partial charge in [0.1, 0.15) is 0 Å². The smallest absolute Gasteiger partial charge is 0.0572 e. The third-order valence-electron chi connectivity index (χ3n) is 1.83. The highest BCUT2D eigenvalue weighted by molar-refractivity contribution is 8.01. The van der Waals surface area contributed by atoms with Gasteiger partial charge in [0.2, 0.25) is 0 Å². The molecular weight excluding hydrogens is 144 g/mol. The fraction of sp³-hybridized carbons (Fsp3) is 0.750. The van der Waals surface area contributed by atoms with E-state index in [2.05, 4.69) is 13.0 Å².